The summed E-state index contributed by atoms with van der Waals surface area (Å²) in [4.78, 5) is 12.2. The van der Waals surface area contributed by atoms with E-state index in [4.69, 9.17) is 17.3 Å². The Kier molecular flexibility index (Phi) is 3.00. The van der Waals surface area contributed by atoms with Crippen molar-refractivity contribution in [3.05, 3.63) is 34.6 Å². The molecule has 16 heavy (non-hydrogen) atoms. The fourth-order valence-electron chi connectivity index (χ4n) is 2.08. The van der Waals surface area contributed by atoms with Crippen molar-refractivity contribution in [2.45, 2.75) is 19.3 Å². The average Bonchev–Trinajstić information content (AvgIpc) is 2.21. The molecule has 0 bridgehead atoms. The molecule has 86 valence electrons. The second-order valence-electron chi connectivity index (χ2n) is 4.29. The van der Waals surface area contributed by atoms with Gasteiger partial charge in [-0.15, -0.1) is 0 Å². The predicted molar refractivity (Wildman–Crippen MR) is 61.1 cm³/mol. The van der Waals surface area contributed by atoms with E-state index in [1.54, 1.807) is 0 Å². The van der Waals surface area contributed by atoms with Gasteiger partial charge in [-0.25, -0.2) is 4.39 Å². The van der Waals surface area contributed by atoms with Gasteiger partial charge in [0.2, 0.25) is 0 Å². The van der Waals surface area contributed by atoms with E-state index in [0.717, 1.165) is 19.3 Å². The summed E-state index contributed by atoms with van der Waals surface area (Å²) in [5.74, 6) is -0.565. The lowest BCUT2D eigenvalue weighted by Crippen LogP contribution is -2.44. The van der Waals surface area contributed by atoms with Crippen LogP contribution in [-0.4, -0.2) is 12.3 Å². The zero-order valence-electron chi connectivity index (χ0n) is 8.80. The monoisotopic (exact) mass is 241 g/mol. The van der Waals surface area contributed by atoms with Crippen LogP contribution < -0.4 is 5.73 Å². The maximum Gasteiger partial charge on any atom is 0.171 e. The number of benzene rings is 1. The Morgan fingerprint density at radius 3 is 2.69 bits per heavy atom. The van der Waals surface area contributed by atoms with Crippen LogP contribution in [0.4, 0.5) is 4.39 Å². The topological polar surface area (TPSA) is 43.1 Å². The van der Waals surface area contributed by atoms with E-state index in [2.05, 4.69) is 0 Å². The summed E-state index contributed by atoms with van der Waals surface area (Å²) in [6.45, 7) is 0.304. The Morgan fingerprint density at radius 1 is 1.50 bits per heavy atom. The van der Waals surface area contributed by atoms with Gasteiger partial charge in [-0.3, -0.25) is 4.79 Å². The molecule has 2 nitrogen and oxygen atoms in total. The minimum atomic E-state index is -0.503. The highest BCUT2D eigenvalue weighted by Gasteiger charge is 2.43. The number of ketones is 1. The van der Waals surface area contributed by atoms with Gasteiger partial charge < -0.3 is 5.73 Å². The molecule has 1 saturated carbocycles. The van der Waals surface area contributed by atoms with Crippen molar-refractivity contribution < 1.29 is 9.18 Å². The lowest BCUT2D eigenvalue weighted by atomic mass is 9.64. The number of halogens is 2. The van der Waals surface area contributed by atoms with Crippen LogP contribution in [0.25, 0.3) is 0 Å². The normalized spacial score (nSPS) is 17.9. The third kappa shape index (κ3) is 1.74. The second kappa shape index (κ2) is 4.15. The van der Waals surface area contributed by atoms with Gasteiger partial charge in [-0.1, -0.05) is 18.0 Å². The van der Waals surface area contributed by atoms with Gasteiger partial charge in [0.1, 0.15) is 5.82 Å². The number of hydrogen-bond acceptors (Lipinski definition) is 2. The molecule has 0 heterocycles. The first-order valence-corrected chi connectivity index (χ1v) is 5.67. The van der Waals surface area contributed by atoms with Crippen LogP contribution >= 0.6 is 11.6 Å². The van der Waals surface area contributed by atoms with E-state index in [0.29, 0.717) is 11.6 Å². The van der Waals surface area contributed by atoms with Crippen molar-refractivity contribution >= 4 is 17.4 Å². The van der Waals surface area contributed by atoms with Crippen molar-refractivity contribution in [2.75, 3.05) is 6.54 Å². The largest absolute Gasteiger partial charge is 0.329 e. The molecule has 4 heteroatoms. The highest BCUT2D eigenvalue weighted by molar-refractivity contribution is 6.34. The molecule has 0 amide bonds. The molecule has 0 aromatic heterocycles. The van der Waals surface area contributed by atoms with Gasteiger partial charge >= 0.3 is 0 Å². The first-order valence-electron chi connectivity index (χ1n) is 5.29. The van der Waals surface area contributed by atoms with Gasteiger partial charge in [0.25, 0.3) is 0 Å². The molecule has 2 rings (SSSR count). The lowest BCUT2D eigenvalue weighted by Gasteiger charge is -2.39. The molecule has 0 unspecified atom stereocenters. The zero-order chi connectivity index (χ0) is 11.8. The minimum Gasteiger partial charge on any atom is -0.329 e. The summed E-state index contributed by atoms with van der Waals surface area (Å²) in [5, 5.41) is 0.297. The van der Waals surface area contributed by atoms with Crippen LogP contribution in [0.15, 0.2) is 18.2 Å². The smallest absolute Gasteiger partial charge is 0.171 e. The standard InChI is InChI=1S/C12H13ClFNO/c13-10-3-2-8(14)6-9(10)11(16)12(7-15)4-1-5-12/h2-3,6H,1,4-5,7,15H2. The molecule has 1 aliphatic rings. The Balaban J connectivity index is 2.37. The van der Waals surface area contributed by atoms with Crippen molar-refractivity contribution in [2.24, 2.45) is 11.1 Å². The van der Waals surface area contributed by atoms with Crippen LogP contribution in [0.1, 0.15) is 29.6 Å². The van der Waals surface area contributed by atoms with E-state index in [1.165, 1.54) is 18.2 Å². The van der Waals surface area contributed by atoms with Crippen LogP contribution in [0.2, 0.25) is 5.02 Å². The van der Waals surface area contributed by atoms with Crippen molar-refractivity contribution in [3.63, 3.8) is 0 Å². The van der Waals surface area contributed by atoms with Gasteiger partial charge in [-0.05, 0) is 31.0 Å². The molecule has 0 saturated heterocycles. The third-order valence-electron chi connectivity index (χ3n) is 3.36. The maximum absolute atomic E-state index is 13.1. The fraction of sp³-hybridized carbons (Fsp3) is 0.417. The number of carbonyl (C=O) groups is 1. The molecule has 0 aliphatic heterocycles. The van der Waals surface area contributed by atoms with E-state index >= 15 is 0 Å². The van der Waals surface area contributed by atoms with Crippen molar-refractivity contribution in [1.82, 2.24) is 0 Å². The van der Waals surface area contributed by atoms with Crippen LogP contribution in [-0.2, 0) is 0 Å². The molecule has 0 spiro atoms. The highest BCUT2D eigenvalue weighted by atomic mass is 35.5. The number of carbonyl (C=O) groups excluding carboxylic acids is 1. The minimum absolute atomic E-state index is 0.120. The molecule has 0 radical (unpaired) electrons. The number of nitrogens with two attached hydrogens (primary N) is 1. The van der Waals surface area contributed by atoms with Crippen LogP contribution in [0.3, 0.4) is 0 Å². The second-order valence-corrected chi connectivity index (χ2v) is 4.70. The van der Waals surface area contributed by atoms with E-state index in [1.807, 2.05) is 0 Å². The van der Waals surface area contributed by atoms with Crippen molar-refractivity contribution in [3.8, 4) is 0 Å². The van der Waals surface area contributed by atoms with Crippen LogP contribution in [0, 0.1) is 11.2 Å². The molecular formula is C12H13ClFNO. The molecule has 1 aromatic rings. The lowest BCUT2D eigenvalue weighted by molar-refractivity contribution is 0.0635. The fourth-order valence-corrected chi connectivity index (χ4v) is 2.29. The molecule has 0 atom stereocenters. The molecule has 1 fully saturated rings. The van der Waals surface area contributed by atoms with Crippen molar-refractivity contribution in [1.29, 1.82) is 0 Å². The summed E-state index contributed by atoms with van der Waals surface area (Å²) in [7, 11) is 0. The molecular weight excluding hydrogens is 229 g/mol. The number of rotatable bonds is 3. The average molecular weight is 242 g/mol. The number of Topliss-reactive ketones (excluding diaryl/α,β-unsaturated/α-hetero) is 1. The molecule has 2 N–H and O–H groups in total. The van der Waals surface area contributed by atoms with Gasteiger partial charge in [0.05, 0.1) is 5.02 Å². The summed E-state index contributed by atoms with van der Waals surface area (Å²) >= 11 is 5.91. The van der Waals surface area contributed by atoms with E-state index in [-0.39, 0.29) is 11.3 Å². The van der Waals surface area contributed by atoms with Crippen LogP contribution in [0.5, 0.6) is 0 Å². The van der Waals surface area contributed by atoms with E-state index in [9.17, 15) is 9.18 Å². The Labute approximate surface area is 98.6 Å². The summed E-state index contributed by atoms with van der Waals surface area (Å²) in [5.41, 5.74) is 5.39. The molecule has 1 aromatic carbocycles. The van der Waals surface area contributed by atoms with E-state index < -0.39 is 11.2 Å². The third-order valence-corrected chi connectivity index (χ3v) is 3.69. The SMILES string of the molecule is NCC1(C(=O)c2cc(F)ccc2Cl)CCC1. The predicted octanol–water partition coefficient (Wildman–Crippen LogP) is 2.79. The highest BCUT2D eigenvalue weighted by Crippen LogP contribution is 2.43. The number of hydrogen-bond donors (Lipinski definition) is 1. The summed E-state index contributed by atoms with van der Waals surface area (Å²) < 4.78 is 13.1. The quantitative estimate of drug-likeness (QED) is 0.827. The Hall–Kier alpha value is -0.930. The Morgan fingerprint density at radius 2 is 2.19 bits per heavy atom. The Bertz CT molecular complexity index is 424. The first kappa shape index (κ1) is 11.6. The van der Waals surface area contributed by atoms with Gasteiger partial charge in [-0.2, -0.15) is 0 Å². The zero-order valence-corrected chi connectivity index (χ0v) is 9.56. The summed E-state index contributed by atoms with van der Waals surface area (Å²) in [6.07, 6.45) is 2.54. The first-order chi connectivity index (χ1) is 7.59. The molecule has 1 aliphatic carbocycles. The van der Waals surface area contributed by atoms with Gasteiger partial charge in [0, 0.05) is 17.5 Å². The maximum atomic E-state index is 13.1. The summed E-state index contributed by atoms with van der Waals surface area (Å²) in [6, 6.07) is 3.85. The van der Waals surface area contributed by atoms with Gasteiger partial charge in [0.15, 0.2) is 5.78 Å².